The van der Waals surface area contributed by atoms with Crippen molar-refractivity contribution in [2.45, 2.75) is 26.2 Å². The van der Waals surface area contributed by atoms with E-state index in [1.165, 1.54) is 0 Å². The molecule has 1 aliphatic rings. The number of amides is 1. The number of carbonyl (C=O) groups is 1. The molecule has 2 rings (SSSR count). The Kier molecular flexibility index (Phi) is 5.19. The van der Waals surface area contributed by atoms with E-state index in [0.29, 0.717) is 0 Å². The predicted molar refractivity (Wildman–Crippen MR) is 84.2 cm³/mol. The molecule has 1 saturated heterocycles. The summed E-state index contributed by atoms with van der Waals surface area (Å²) < 4.78 is 0. The maximum Gasteiger partial charge on any atom is 0.223 e. The number of aromatic nitrogens is 2. The molecule has 7 heteroatoms. The van der Waals surface area contributed by atoms with Gasteiger partial charge in [-0.15, -0.1) is 0 Å². The summed E-state index contributed by atoms with van der Waals surface area (Å²) in [4.78, 5) is 22.3. The van der Waals surface area contributed by atoms with Crippen molar-refractivity contribution < 1.29 is 4.79 Å². The molecule has 1 aliphatic heterocycles. The molecule has 0 unspecified atom stereocenters. The van der Waals surface area contributed by atoms with Gasteiger partial charge in [0.1, 0.15) is 11.6 Å². The quantitative estimate of drug-likeness (QED) is 0.744. The molecule has 1 aromatic rings. The SMILES string of the molecule is CCCNc1cc(N2CCC(C(=O)NC)CC2)nc(N)n1. The number of nitrogen functional groups attached to an aromatic ring is 1. The summed E-state index contributed by atoms with van der Waals surface area (Å²) in [6.45, 7) is 4.57. The lowest BCUT2D eigenvalue weighted by molar-refractivity contribution is -0.125. The van der Waals surface area contributed by atoms with E-state index in [-0.39, 0.29) is 17.8 Å². The van der Waals surface area contributed by atoms with Gasteiger partial charge in [0.25, 0.3) is 0 Å². The number of nitrogens with two attached hydrogens (primary N) is 1. The number of nitrogens with one attached hydrogen (secondary N) is 2. The third-order valence-corrected chi connectivity index (χ3v) is 3.72. The Morgan fingerprint density at radius 2 is 2.14 bits per heavy atom. The highest BCUT2D eigenvalue weighted by Crippen LogP contribution is 2.24. The van der Waals surface area contributed by atoms with Gasteiger partial charge in [0.05, 0.1) is 0 Å². The Labute approximate surface area is 125 Å². The fourth-order valence-electron chi connectivity index (χ4n) is 2.53. The van der Waals surface area contributed by atoms with Crippen LogP contribution in [0, 0.1) is 5.92 Å². The normalized spacial score (nSPS) is 15.8. The lowest BCUT2D eigenvalue weighted by Gasteiger charge is -2.32. The fourth-order valence-corrected chi connectivity index (χ4v) is 2.53. The largest absolute Gasteiger partial charge is 0.370 e. The number of rotatable bonds is 5. The van der Waals surface area contributed by atoms with E-state index in [2.05, 4.69) is 32.4 Å². The smallest absolute Gasteiger partial charge is 0.223 e. The number of hydrogen-bond acceptors (Lipinski definition) is 6. The van der Waals surface area contributed by atoms with Crippen LogP contribution in [0.25, 0.3) is 0 Å². The minimum Gasteiger partial charge on any atom is -0.370 e. The summed E-state index contributed by atoms with van der Waals surface area (Å²) in [6.07, 6.45) is 2.69. The highest BCUT2D eigenvalue weighted by atomic mass is 16.1. The van der Waals surface area contributed by atoms with Crippen LogP contribution in [-0.4, -0.2) is 42.6 Å². The Morgan fingerprint density at radius 1 is 1.43 bits per heavy atom. The Morgan fingerprint density at radius 3 is 2.76 bits per heavy atom. The fraction of sp³-hybridized carbons (Fsp3) is 0.643. The van der Waals surface area contributed by atoms with Gasteiger partial charge in [-0.25, -0.2) is 0 Å². The van der Waals surface area contributed by atoms with Gasteiger partial charge < -0.3 is 21.3 Å². The van der Waals surface area contributed by atoms with Crippen molar-refractivity contribution in [3.05, 3.63) is 6.07 Å². The zero-order valence-corrected chi connectivity index (χ0v) is 12.7. The second kappa shape index (κ2) is 7.10. The van der Waals surface area contributed by atoms with E-state index in [4.69, 9.17) is 5.73 Å². The Balaban J connectivity index is 2.02. The minimum absolute atomic E-state index is 0.100. The summed E-state index contributed by atoms with van der Waals surface area (Å²) in [6, 6.07) is 1.92. The standard InChI is InChI=1S/C14H24N6O/c1-3-6-17-11-9-12(19-14(15)18-11)20-7-4-10(5-8-20)13(21)16-2/h9-10H,3-8H2,1-2H3,(H,16,21)(H3,15,17,18,19). The molecular formula is C14H24N6O. The molecule has 116 valence electrons. The molecule has 0 spiro atoms. The van der Waals surface area contributed by atoms with E-state index in [0.717, 1.165) is 50.5 Å². The van der Waals surface area contributed by atoms with E-state index in [1.807, 2.05) is 6.07 Å². The van der Waals surface area contributed by atoms with Crippen LogP contribution in [0.1, 0.15) is 26.2 Å². The van der Waals surface area contributed by atoms with Gasteiger partial charge in [0, 0.05) is 38.7 Å². The van der Waals surface area contributed by atoms with Crippen LogP contribution in [-0.2, 0) is 4.79 Å². The maximum atomic E-state index is 11.7. The van der Waals surface area contributed by atoms with Crippen molar-refractivity contribution in [1.29, 1.82) is 0 Å². The van der Waals surface area contributed by atoms with Crippen LogP contribution in [0.2, 0.25) is 0 Å². The monoisotopic (exact) mass is 292 g/mol. The summed E-state index contributed by atoms with van der Waals surface area (Å²) in [5.74, 6) is 2.09. The number of nitrogens with zero attached hydrogens (tertiary/aromatic N) is 3. The molecule has 0 saturated carbocycles. The summed E-state index contributed by atoms with van der Waals surface area (Å²) in [5, 5.41) is 5.95. The van der Waals surface area contributed by atoms with Crippen LogP contribution in [0.5, 0.6) is 0 Å². The topological polar surface area (TPSA) is 96.2 Å². The molecule has 1 amide bonds. The summed E-state index contributed by atoms with van der Waals surface area (Å²) >= 11 is 0. The van der Waals surface area contributed by atoms with Crippen LogP contribution in [0.4, 0.5) is 17.6 Å². The lowest BCUT2D eigenvalue weighted by atomic mass is 9.96. The molecule has 2 heterocycles. The molecule has 21 heavy (non-hydrogen) atoms. The van der Waals surface area contributed by atoms with Gasteiger partial charge in [0.2, 0.25) is 11.9 Å². The highest BCUT2D eigenvalue weighted by Gasteiger charge is 2.25. The Bertz CT molecular complexity index is 484. The third-order valence-electron chi connectivity index (χ3n) is 3.72. The second-order valence-corrected chi connectivity index (χ2v) is 5.27. The number of carbonyl (C=O) groups excluding carboxylic acids is 1. The number of hydrogen-bond donors (Lipinski definition) is 3. The van der Waals surface area contributed by atoms with Crippen molar-refractivity contribution in [2.24, 2.45) is 5.92 Å². The van der Waals surface area contributed by atoms with E-state index < -0.39 is 0 Å². The second-order valence-electron chi connectivity index (χ2n) is 5.27. The van der Waals surface area contributed by atoms with E-state index in [1.54, 1.807) is 7.05 Å². The van der Waals surface area contributed by atoms with Gasteiger partial charge in [-0.2, -0.15) is 9.97 Å². The van der Waals surface area contributed by atoms with Crippen molar-refractivity contribution in [3.8, 4) is 0 Å². The molecule has 7 nitrogen and oxygen atoms in total. The molecule has 4 N–H and O–H groups in total. The van der Waals surface area contributed by atoms with Gasteiger partial charge in [-0.1, -0.05) is 6.92 Å². The van der Waals surface area contributed by atoms with Crippen LogP contribution < -0.4 is 21.3 Å². The predicted octanol–water partition coefficient (Wildman–Crippen LogP) is 0.843. The van der Waals surface area contributed by atoms with Crippen LogP contribution in [0.15, 0.2) is 6.07 Å². The molecule has 0 radical (unpaired) electrons. The van der Waals surface area contributed by atoms with Crippen LogP contribution >= 0.6 is 0 Å². The van der Waals surface area contributed by atoms with Gasteiger partial charge in [0.15, 0.2) is 0 Å². The molecule has 0 bridgehead atoms. The van der Waals surface area contributed by atoms with Gasteiger partial charge in [-0.3, -0.25) is 4.79 Å². The molecular weight excluding hydrogens is 268 g/mol. The van der Waals surface area contributed by atoms with Crippen molar-refractivity contribution in [1.82, 2.24) is 15.3 Å². The zero-order valence-electron chi connectivity index (χ0n) is 12.7. The van der Waals surface area contributed by atoms with Crippen molar-refractivity contribution in [2.75, 3.05) is 42.6 Å². The summed E-state index contributed by atoms with van der Waals surface area (Å²) in [5.41, 5.74) is 5.78. The molecule has 1 aromatic heterocycles. The first kappa shape index (κ1) is 15.3. The molecule has 0 aliphatic carbocycles. The maximum absolute atomic E-state index is 11.7. The van der Waals surface area contributed by atoms with Gasteiger partial charge >= 0.3 is 0 Å². The first-order chi connectivity index (χ1) is 10.1. The minimum atomic E-state index is 0.100. The number of anilines is 3. The highest BCUT2D eigenvalue weighted by molar-refractivity contribution is 5.78. The van der Waals surface area contributed by atoms with Crippen molar-refractivity contribution in [3.63, 3.8) is 0 Å². The van der Waals surface area contributed by atoms with Gasteiger partial charge in [-0.05, 0) is 19.3 Å². The molecule has 0 atom stereocenters. The van der Waals surface area contributed by atoms with E-state index in [9.17, 15) is 4.79 Å². The lowest BCUT2D eigenvalue weighted by Crippen LogP contribution is -2.40. The Hall–Kier alpha value is -2.05. The average molecular weight is 292 g/mol. The first-order valence-corrected chi connectivity index (χ1v) is 7.49. The molecule has 1 fully saturated rings. The summed E-state index contributed by atoms with van der Waals surface area (Å²) in [7, 11) is 1.69. The van der Waals surface area contributed by atoms with Crippen LogP contribution in [0.3, 0.4) is 0 Å². The third kappa shape index (κ3) is 3.96. The first-order valence-electron chi connectivity index (χ1n) is 7.49. The molecule has 0 aromatic carbocycles. The number of piperidine rings is 1. The average Bonchev–Trinajstić information content (AvgIpc) is 2.51. The van der Waals surface area contributed by atoms with Crippen molar-refractivity contribution >= 4 is 23.5 Å². The zero-order chi connectivity index (χ0) is 15.2. The van der Waals surface area contributed by atoms with E-state index >= 15 is 0 Å².